The number of hydrogen-bond acceptors (Lipinski definition) is 4. The van der Waals surface area contributed by atoms with Crippen molar-refractivity contribution in [3.05, 3.63) is 29.6 Å². The second-order valence-electron chi connectivity index (χ2n) is 4.89. The molecule has 0 saturated carbocycles. The third-order valence-corrected chi connectivity index (χ3v) is 5.77. The lowest BCUT2D eigenvalue weighted by Gasteiger charge is -2.22. The molecular formula is C13H15FN2O3S2. The van der Waals surface area contributed by atoms with Crippen LogP contribution in [0.15, 0.2) is 18.2 Å². The Bertz CT molecular complexity index is 689. The van der Waals surface area contributed by atoms with E-state index in [1.165, 1.54) is 6.07 Å². The van der Waals surface area contributed by atoms with Crippen molar-refractivity contribution in [2.45, 2.75) is 24.5 Å². The number of nitrogens with one attached hydrogen (secondary N) is 1. The molecule has 0 spiro atoms. The molecule has 0 aliphatic carbocycles. The van der Waals surface area contributed by atoms with Gasteiger partial charge in [-0.1, -0.05) is 18.6 Å². The summed E-state index contributed by atoms with van der Waals surface area (Å²) in [7, 11) is -3.43. The fourth-order valence-electron chi connectivity index (χ4n) is 2.29. The minimum absolute atomic E-state index is 0.0106. The number of rotatable bonds is 3. The molecule has 1 heterocycles. The second-order valence-corrected chi connectivity index (χ2v) is 7.64. The lowest BCUT2D eigenvalue weighted by Crippen LogP contribution is -2.39. The molecule has 5 nitrogen and oxygen atoms in total. The molecule has 1 aromatic rings. The number of nitrogens with two attached hydrogens (primary N) is 1. The molecule has 1 aliphatic rings. The highest BCUT2D eigenvalue weighted by atomic mass is 32.2. The van der Waals surface area contributed by atoms with E-state index < -0.39 is 26.8 Å². The summed E-state index contributed by atoms with van der Waals surface area (Å²) in [6, 6.07) is 3.57. The zero-order valence-electron chi connectivity index (χ0n) is 11.1. The van der Waals surface area contributed by atoms with Gasteiger partial charge >= 0.3 is 0 Å². The first-order valence-electron chi connectivity index (χ1n) is 6.43. The summed E-state index contributed by atoms with van der Waals surface area (Å²) in [5.74, 6) is -1.16. The Kier molecular flexibility index (Phi) is 4.58. The first-order chi connectivity index (χ1) is 9.81. The Labute approximate surface area is 127 Å². The maximum atomic E-state index is 13.2. The van der Waals surface area contributed by atoms with Crippen LogP contribution in [0.4, 0.5) is 10.1 Å². The smallest absolute Gasteiger partial charge is 0.242 e. The summed E-state index contributed by atoms with van der Waals surface area (Å²) in [4.78, 5) is 12.1. The monoisotopic (exact) mass is 330 g/mol. The number of halogens is 1. The highest BCUT2D eigenvalue weighted by Gasteiger charge is 2.35. The third kappa shape index (κ3) is 3.56. The third-order valence-electron chi connectivity index (χ3n) is 3.38. The molecular weight excluding hydrogens is 315 g/mol. The molecule has 114 valence electrons. The summed E-state index contributed by atoms with van der Waals surface area (Å²) < 4.78 is 37.0. The number of hydrogen-bond donors (Lipinski definition) is 2. The summed E-state index contributed by atoms with van der Waals surface area (Å²) in [6.45, 7) is 0. The molecule has 1 amide bonds. The zero-order valence-corrected chi connectivity index (χ0v) is 12.8. The van der Waals surface area contributed by atoms with Gasteiger partial charge in [0.25, 0.3) is 0 Å². The lowest BCUT2D eigenvalue weighted by molar-refractivity contribution is -0.116. The molecule has 2 rings (SSSR count). The number of anilines is 1. The molecule has 21 heavy (non-hydrogen) atoms. The molecule has 0 aromatic heterocycles. The average Bonchev–Trinajstić information content (AvgIpc) is 2.39. The first-order valence-corrected chi connectivity index (χ1v) is 8.55. The predicted octanol–water partition coefficient (Wildman–Crippen LogP) is 1.37. The average molecular weight is 330 g/mol. The SMILES string of the molecule is NC(=S)c1cc(F)ccc1NC(=O)C1CCCCS1(=O)=O. The first kappa shape index (κ1) is 15.8. The molecule has 1 aromatic carbocycles. The van der Waals surface area contributed by atoms with Gasteiger partial charge in [0.15, 0.2) is 9.84 Å². The van der Waals surface area contributed by atoms with Crippen molar-refractivity contribution in [3.63, 3.8) is 0 Å². The molecule has 3 N–H and O–H groups in total. The van der Waals surface area contributed by atoms with Gasteiger partial charge in [0, 0.05) is 5.56 Å². The fourth-order valence-corrected chi connectivity index (χ4v) is 4.26. The van der Waals surface area contributed by atoms with E-state index in [1.54, 1.807) is 0 Å². The second kappa shape index (κ2) is 6.07. The van der Waals surface area contributed by atoms with Crippen molar-refractivity contribution in [2.24, 2.45) is 5.73 Å². The van der Waals surface area contributed by atoms with Gasteiger partial charge in [-0.25, -0.2) is 12.8 Å². The Morgan fingerprint density at radius 2 is 2.10 bits per heavy atom. The number of benzene rings is 1. The number of amides is 1. The van der Waals surface area contributed by atoms with Crippen LogP contribution in [-0.4, -0.2) is 30.3 Å². The van der Waals surface area contributed by atoms with E-state index in [0.717, 1.165) is 12.1 Å². The van der Waals surface area contributed by atoms with Crippen LogP contribution >= 0.6 is 12.2 Å². The van der Waals surface area contributed by atoms with Gasteiger partial charge in [-0.05, 0) is 31.0 Å². The van der Waals surface area contributed by atoms with Gasteiger partial charge in [-0.15, -0.1) is 0 Å². The van der Waals surface area contributed by atoms with Crippen LogP contribution in [0.3, 0.4) is 0 Å². The van der Waals surface area contributed by atoms with E-state index in [0.29, 0.717) is 12.8 Å². The van der Waals surface area contributed by atoms with Crippen molar-refractivity contribution in [2.75, 3.05) is 11.1 Å². The summed E-state index contributed by atoms with van der Waals surface area (Å²) in [6.07, 6.45) is 1.54. The molecule has 8 heteroatoms. The predicted molar refractivity (Wildman–Crippen MR) is 82.3 cm³/mol. The fraction of sp³-hybridized carbons (Fsp3) is 0.385. The normalized spacial score (nSPS) is 20.7. The standard InChI is InChI=1S/C13H15FN2O3S2/c14-8-4-5-10(9(7-8)12(15)20)16-13(17)11-3-1-2-6-21(11,18)19/h4-5,7,11H,1-3,6H2,(H2,15,20)(H,16,17). The highest BCUT2D eigenvalue weighted by Crippen LogP contribution is 2.23. The largest absolute Gasteiger partial charge is 0.389 e. The molecule has 1 aliphatic heterocycles. The molecule has 1 fully saturated rings. The molecule has 1 unspecified atom stereocenters. The Balaban J connectivity index is 2.26. The van der Waals surface area contributed by atoms with Gasteiger partial charge in [-0.3, -0.25) is 4.79 Å². The van der Waals surface area contributed by atoms with Crippen LogP contribution in [-0.2, 0) is 14.6 Å². The van der Waals surface area contributed by atoms with Gasteiger partial charge in [0.05, 0.1) is 11.4 Å². The van der Waals surface area contributed by atoms with Crippen LogP contribution in [0.1, 0.15) is 24.8 Å². The molecule has 0 bridgehead atoms. The highest BCUT2D eigenvalue weighted by molar-refractivity contribution is 7.92. The van der Waals surface area contributed by atoms with Gasteiger partial charge in [0.1, 0.15) is 16.1 Å². The maximum absolute atomic E-state index is 13.2. The summed E-state index contributed by atoms with van der Waals surface area (Å²) in [5.41, 5.74) is 5.88. The van der Waals surface area contributed by atoms with Gasteiger partial charge < -0.3 is 11.1 Å². The van der Waals surface area contributed by atoms with E-state index in [1.807, 2.05) is 0 Å². The van der Waals surface area contributed by atoms with Crippen molar-refractivity contribution in [1.29, 1.82) is 0 Å². The van der Waals surface area contributed by atoms with E-state index in [2.05, 4.69) is 5.32 Å². The van der Waals surface area contributed by atoms with Crippen molar-refractivity contribution in [1.82, 2.24) is 0 Å². The minimum Gasteiger partial charge on any atom is -0.389 e. The van der Waals surface area contributed by atoms with E-state index in [4.69, 9.17) is 18.0 Å². The molecule has 1 atom stereocenters. The zero-order chi connectivity index (χ0) is 15.6. The van der Waals surface area contributed by atoms with Crippen molar-refractivity contribution < 1.29 is 17.6 Å². The van der Waals surface area contributed by atoms with Crippen LogP contribution in [0, 0.1) is 5.82 Å². The molecule has 0 radical (unpaired) electrons. The van der Waals surface area contributed by atoms with Crippen LogP contribution in [0.2, 0.25) is 0 Å². The van der Waals surface area contributed by atoms with Crippen LogP contribution in [0.5, 0.6) is 0 Å². The van der Waals surface area contributed by atoms with Crippen LogP contribution < -0.4 is 11.1 Å². The van der Waals surface area contributed by atoms with Crippen LogP contribution in [0.25, 0.3) is 0 Å². The number of thiocarbonyl (C=S) groups is 1. The van der Waals surface area contributed by atoms with Gasteiger partial charge in [0.2, 0.25) is 5.91 Å². The Morgan fingerprint density at radius 3 is 2.71 bits per heavy atom. The maximum Gasteiger partial charge on any atom is 0.242 e. The minimum atomic E-state index is -3.43. The van der Waals surface area contributed by atoms with Crippen molar-refractivity contribution >= 4 is 38.6 Å². The number of sulfone groups is 1. The molecule has 1 saturated heterocycles. The van der Waals surface area contributed by atoms with E-state index in [-0.39, 0.29) is 28.4 Å². The Morgan fingerprint density at radius 1 is 1.38 bits per heavy atom. The summed E-state index contributed by atoms with van der Waals surface area (Å²) in [5, 5.41) is 1.42. The van der Waals surface area contributed by atoms with E-state index in [9.17, 15) is 17.6 Å². The van der Waals surface area contributed by atoms with E-state index >= 15 is 0 Å². The lowest BCUT2D eigenvalue weighted by atomic mass is 10.1. The quantitative estimate of drug-likeness (QED) is 0.817. The number of carbonyl (C=O) groups is 1. The van der Waals surface area contributed by atoms with Crippen molar-refractivity contribution in [3.8, 4) is 0 Å². The Hall–Kier alpha value is -1.54. The topological polar surface area (TPSA) is 89.3 Å². The number of carbonyl (C=O) groups excluding carboxylic acids is 1. The summed E-state index contributed by atoms with van der Waals surface area (Å²) >= 11 is 4.81. The van der Waals surface area contributed by atoms with Gasteiger partial charge in [-0.2, -0.15) is 0 Å².